The number of nitrogens with two attached hydrogens (primary N) is 1. The molecule has 0 radical (unpaired) electrons. The predicted molar refractivity (Wildman–Crippen MR) is 53.5 cm³/mol. The summed E-state index contributed by atoms with van der Waals surface area (Å²) in [6.45, 7) is 3.63. The molecular formula is C10H19NO2. The average molecular weight is 185 g/mol. The van der Waals surface area contributed by atoms with Gasteiger partial charge in [-0.3, -0.25) is 4.79 Å². The number of hydrogen-bond acceptors (Lipinski definition) is 2. The maximum absolute atomic E-state index is 10.3. The van der Waals surface area contributed by atoms with Gasteiger partial charge in [0.05, 0.1) is 0 Å². The SMILES string of the molecule is C=CCCCCCC[C@@H](N)C(=O)O. The Balaban J connectivity index is 3.15. The van der Waals surface area contributed by atoms with E-state index in [0.29, 0.717) is 6.42 Å². The first-order valence-electron chi connectivity index (χ1n) is 4.77. The van der Waals surface area contributed by atoms with Crippen molar-refractivity contribution in [1.82, 2.24) is 0 Å². The second-order valence-electron chi connectivity index (χ2n) is 3.22. The van der Waals surface area contributed by atoms with Gasteiger partial charge in [0.15, 0.2) is 0 Å². The van der Waals surface area contributed by atoms with Crippen LogP contribution in [0.5, 0.6) is 0 Å². The van der Waals surface area contributed by atoms with Crippen molar-refractivity contribution in [3.8, 4) is 0 Å². The average Bonchev–Trinajstić information content (AvgIpc) is 2.10. The molecule has 0 aliphatic heterocycles. The van der Waals surface area contributed by atoms with Gasteiger partial charge in [-0.15, -0.1) is 6.58 Å². The van der Waals surface area contributed by atoms with Crippen LogP contribution in [0.4, 0.5) is 0 Å². The molecule has 0 aromatic carbocycles. The first kappa shape index (κ1) is 12.2. The maximum atomic E-state index is 10.3. The Hall–Kier alpha value is -0.830. The molecule has 0 rings (SSSR count). The summed E-state index contributed by atoms with van der Waals surface area (Å²) in [6.07, 6.45) is 7.79. The van der Waals surface area contributed by atoms with Gasteiger partial charge in [-0.25, -0.2) is 0 Å². The van der Waals surface area contributed by atoms with Crippen LogP contribution in [0.25, 0.3) is 0 Å². The van der Waals surface area contributed by atoms with Gasteiger partial charge in [-0.1, -0.05) is 25.3 Å². The third kappa shape index (κ3) is 7.53. The fourth-order valence-electron chi connectivity index (χ4n) is 1.13. The van der Waals surface area contributed by atoms with Crippen molar-refractivity contribution >= 4 is 5.97 Å². The van der Waals surface area contributed by atoms with Crippen molar-refractivity contribution in [3.63, 3.8) is 0 Å². The van der Waals surface area contributed by atoms with Crippen LogP contribution in [-0.2, 0) is 4.79 Å². The number of carboxylic acids is 1. The molecule has 0 heterocycles. The summed E-state index contributed by atoms with van der Waals surface area (Å²) < 4.78 is 0. The third-order valence-electron chi connectivity index (χ3n) is 1.99. The molecule has 0 aliphatic carbocycles. The van der Waals surface area contributed by atoms with E-state index in [1.54, 1.807) is 0 Å². The van der Waals surface area contributed by atoms with E-state index in [2.05, 4.69) is 6.58 Å². The third-order valence-corrected chi connectivity index (χ3v) is 1.99. The number of rotatable bonds is 8. The van der Waals surface area contributed by atoms with Gasteiger partial charge in [-0.2, -0.15) is 0 Å². The molecule has 0 saturated heterocycles. The molecular weight excluding hydrogens is 166 g/mol. The molecule has 0 saturated carbocycles. The van der Waals surface area contributed by atoms with E-state index in [9.17, 15) is 4.79 Å². The van der Waals surface area contributed by atoms with E-state index in [4.69, 9.17) is 10.8 Å². The van der Waals surface area contributed by atoms with Gasteiger partial charge in [0, 0.05) is 0 Å². The molecule has 0 spiro atoms. The van der Waals surface area contributed by atoms with Gasteiger partial charge < -0.3 is 10.8 Å². The smallest absolute Gasteiger partial charge is 0.320 e. The van der Waals surface area contributed by atoms with Crippen LogP contribution in [0, 0.1) is 0 Å². The van der Waals surface area contributed by atoms with Crippen LogP contribution >= 0.6 is 0 Å². The molecule has 1 atom stereocenters. The summed E-state index contributed by atoms with van der Waals surface area (Å²) >= 11 is 0. The van der Waals surface area contributed by atoms with Crippen molar-refractivity contribution in [1.29, 1.82) is 0 Å². The van der Waals surface area contributed by atoms with Gasteiger partial charge in [0.1, 0.15) is 6.04 Å². The van der Waals surface area contributed by atoms with E-state index in [0.717, 1.165) is 32.1 Å². The Bertz CT molecular complexity index is 157. The van der Waals surface area contributed by atoms with Crippen molar-refractivity contribution in [2.24, 2.45) is 5.73 Å². The highest BCUT2D eigenvalue weighted by Gasteiger charge is 2.09. The molecule has 0 fully saturated rings. The molecule has 3 nitrogen and oxygen atoms in total. The van der Waals surface area contributed by atoms with Crippen LogP contribution in [0.2, 0.25) is 0 Å². The summed E-state index contributed by atoms with van der Waals surface area (Å²) in [6, 6.07) is -0.681. The van der Waals surface area contributed by atoms with Crippen molar-refractivity contribution in [2.45, 2.75) is 44.6 Å². The molecule has 76 valence electrons. The molecule has 0 amide bonds. The lowest BCUT2D eigenvalue weighted by atomic mass is 10.1. The Kier molecular flexibility index (Phi) is 7.30. The van der Waals surface area contributed by atoms with Gasteiger partial charge in [0.25, 0.3) is 0 Å². The molecule has 13 heavy (non-hydrogen) atoms. The second kappa shape index (κ2) is 7.80. The molecule has 3 heteroatoms. The van der Waals surface area contributed by atoms with E-state index in [-0.39, 0.29) is 0 Å². The first-order valence-corrected chi connectivity index (χ1v) is 4.77. The van der Waals surface area contributed by atoms with Gasteiger partial charge in [-0.05, 0) is 19.3 Å². The molecule has 0 bridgehead atoms. The van der Waals surface area contributed by atoms with Gasteiger partial charge >= 0.3 is 5.97 Å². The minimum absolute atomic E-state index is 0.587. The Morgan fingerprint density at radius 1 is 1.38 bits per heavy atom. The summed E-state index contributed by atoms with van der Waals surface area (Å²) in [4.78, 5) is 10.3. The second-order valence-corrected chi connectivity index (χ2v) is 3.22. The zero-order chi connectivity index (χ0) is 10.1. The van der Waals surface area contributed by atoms with E-state index >= 15 is 0 Å². The topological polar surface area (TPSA) is 63.3 Å². The molecule has 0 unspecified atom stereocenters. The molecule has 0 aliphatic rings. The number of unbranched alkanes of at least 4 members (excludes halogenated alkanes) is 4. The van der Waals surface area contributed by atoms with Crippen LogP contribution in [-0.4, -0.2) is 17.1 Å². The van der Waals surface area contributed by atoms with E-state index in [1.165, 1.54) is 0 Å². The van der Waals surface area contributed by atoms with Crippen molar-refractivity contribution < 1.29 is 9.90 Å². The monoisotopic (exact) mass is 185 g/mol. The standard InChI is InChI=1S/C10H19NO2/c1-2-3-4-5-6-7-8-9(11)10(12)13/h2,9H,1,3-8,11H2,(H,12,13)/t9-/m1/s1. The fourth-order valence-corrected chi connectivity index (χ4v) is 1.13. The highest BCUT2D eigenvalue weighted by atomic mass is 16.4. The van der Waals surface area contributed by atoms with Crippen molar-refractivity contribution in [3.05, 3.63) is 12.7 Å². The first-order chi connectivity index (χ1) is 6.18. The zero-order valence-electron chi connectivity index (χ0n) is 8.04. The fraction of sp³-hybridized carbons (Fsp3) is 0.700. The lowest BCUT2D eigenvalue weighted by molar-refractivity contribution is -0.138. The number of carbonyl (C=O) groups is 1. The number of aliphatic carboxylic acids is 1. The van der Waals surface area contributed by atoms with Crippen LogP contribution in [0.1, 0.15) is 38.5 Å². The minimum atomic E-state index is -0.897. The predicted octanol–water partition coefficient (Wildman–Crippen LogP) is 1.92. The van der Waals surface area contributed by atoms with E-state index < -0.39 is 12.0 Å². The number of hydrogen-bond donors (Lipinski definition) is 2. The minimum Gasteiger partial charge on any atom is -0.480 e. The Labute approximate surface area is 79.6 Å². The highest BCUT2D eigenvalue weighted by molar-refractivity contribution is 5.72. The summed E-state index contributed by atoms with van der Waals surface area (Å²) in [7, 11) is 0. The van der Waals surface area contributed by atoms with Crippen LogP contribution in [0.3, 0.4) is 0 Å². The lowest BCUT2D eigenvalue weighted by Gasteiger charge is -2.04. The normalized spacial score (nSPS) is 12.4. The number of allylic oxidation sites excluding steroid dienone is 1. The van der Waals surface area contributed by atoms with Crippen molar-refractivity contribution in [2.75, 3.05) is 0 Å². The quantitative estimate of drug-likeness (QED) is 0.448. The summed E-state index contributed by atoms with van der Waals surface area (Å²) in [5.74, 6) is -0.897. The van der Waals surface area contributed by atoms with Gasteiger partial charge in [0.2, 0.25) is 0 Å². The molecule has 0 aromatic heterocycles. The summed E-state index contributed by atoms with van der Waals surface area (Å²) in [5.41, 5.74) is 5.34. The molecule has 0 aromatic rings. The lowest BCUT2D eigenvalue weighted by Crippen LogP contribution is -2.29. The highest BCUT2D eigenvalue weighted by Crippen LogP contribution is 2.06. The Morgan fingerprint density at radius 2 is 2.00 bits per heavy atom. The van der Waals surface area contributed by atoms with E-state index in [1.807, 2.05) is 6.08 Å². The maximum Gasteiger partial charge on any atom is 0.320 e. The summed E-state index contributed by atoms with van der Waals surface area (Å²) in [5, 5.41) is 8.48. The van der Waals surface area contributed by atoms with Crippen LogP contribution < -0.4 is 5.73 Å². The zero-order valence-corrected chi connectivity index (χ0v) is 8.04. The largest absolute Gasteiger partial charge is 0.480 e. The molecule has 3 N–H and O–H groups in total. The van der Waals surface area contributed by atoms with Crippen LogP contribution in [0.15, 0.2) is 12.7 Å². The number of carboxylic acid groups (broad SMARTS) is 1. The Morgan fingerprint density at radius 3 is 2.54 bits per heavy atom.